The van der Waals surface area contributed by atoms with E-state index in [1.54, 1.807) is 4.90 Å². The molecule has 1 saturated heterocycles. The van der Waals surface area contributed by atoms with Crippen LogP contribution in [0.2, 0.25) is 0 Å². The van der Waals surface area contributed by atoms with Gasteiger partial charge in [0, 0.05) is 6.42 Å². The lowest BCUT2D eigenvalue weighted by atomic mass is 10.1. The van der Waals surface area contributed by atoms with Gasteiger partial charge >= 0.3 is 0 Å². The third-order valence-electron chi connectivity index (χ3n) is 3.07. The number of fused-ring (bicyclic) bond motifs is 1. The van der Waals surface area contributed by atoms with E-state index < -0.39 is 0 Å². The monoisotopic (exact) mass is 248 g/mol. The summed E-state index contributed by atoms with van der Waals surface area (Å²) in [7, 11) is 0. The van der Waals surface area contributed by atoms with Crippen LogP contribution >= 0.6 is 12.2 Å². The zero-order chi connectivity index (χ0) is 12.0. The van der Waals surface area contributed by atoms with Gasteiger partial charge < -0.3 is 10.1 Å². The number of hydrogen-bond donors (Lipinski definition) is 1. The highest BCUT2D eigenvalue weighted by Gasteiger charge is 2.33. The normalized spacial score (nSPS) is 22.4. The maximum Gasteiger partial charge on any atom is 0.255 e. The quantitative estimate of drug-likeness (QED) is 0.759. The van der Waals surface area contributed by atoms with Crippen LogP contribution in [0.25, 0.3) is 0 Å². The number of amides is 1. The van der Waals surface area contributed by atoms with Crippen LogP contribution in [0, 0.1) is 0 Å². The highest BCUT2D eigenvalue weighted by molar-refractivity contribution is 7.80. The summed E-state index contributed by atoms with van der Waals surface area (Å²) >= 11 is 5.17. The lowest BCUT2D eigenvalue weighted by Crippen LogP contribution is -2.30. The molecule has 2 heterocycles. The Labute approximate surface area is 105 Å². The van der Waals surface area contributed by atoms with Gasteiger partial charge in [0.2, 0.25) is 0 Å². The molecule has 4 nitrogen and oxygen atoms in total. The van der Waals surface area contributed by atoms with Crippen molar-refractivity contribution in [1.82, 2.24) is 5.32 Å². The van der Waals surface area contributed by atoms with Crippen molar-refractivity contribution in [2.75, 3.05) is 11.5 Å². The first-order chi connectivity index (χ1) is 8.16. The highest BCUT2D eigenvalue weighted by atomic mass is 32.1. The Morgan fingerprint density at radius 3 is 3.06 bits per heavy atom. The van der Waals surface area contributed by atoms with E-state index in [4.69, 9.17) is 17.0 Å². The number of carbonyl (C=O) groups excluding carboxylic acids is 1. The topological polar surface area (TPSA) is 41.6 Å². The van der Waals surface area contributed by atoms with Gasteiger partial charge in [0.05, 0.1) is 12.3 Å². The minimum atomic E-state index is -0.244. The Kier molecular flexibility index (Phi) is 2.29. The second-order valence-electron chi connectivity index (χ2n) is 4.24. The molecule has 0 spiro atoms. The van der Waals surface area contributed by atoms with Crippen molar-refractivity contribution >= 4 is 28.9 Å². The molecule has 1 amide bonds. The zero-order valence-electron chi connectivity index (χ0n) is 9.40. The molecule has 88 valence electrons. The number of thiocarbonyl (C=S) groups is 1. The Bertz CT molecular complexity index is 515. The van der Waals surface area contributed by atoms with Crippen molar-refractivity contribution in [1.29, 1.82) is 0 Å². The van der Waals surface area contributed by atoms with Crippen molar-refractivity contribution in [3.8, 4) is 5.75 Å². The average Bonchev–Trinajstić information content (AvgIpc) is 2.84. The fourth-order valence-electron chi connectivity index (χ4n) is 2.16. The van der Waals surface area contributed by atoms with Crippen LogP contribution in [0.5, 0.6) is 5.75 Å². The van der Waals surface area contributed by atoms with Gasteiger partial charge in [-0.15, -0.1) is 0 Å². The predicted octanol–water partition coefficient (Wildman–Crippen LogP) is 1.23. The van der Waals surface area contributed by atoms with Crippen molar-refractivity contribution in [2.45, 2.75) is 19.4 Å². The number of nitrogens with zero attached hydrogens (tertiary/aromatic N) is 1. The molecule has 1 N–H and O–H groups in total. The molecule has 5 heteroatoms. The van der Waals surface area contributed by atoms with Crippen LogP contribution in [0.4, 0.5) is 5.69 Å². The fraction of sp³-hybridized carbons (Fsp3) is 0.333. The van der Waals surface area contributed by atoms with E-state index >= 15 is 0 Å². The molecule has 0 unspecified atom stereocenters. The molecule has 1 aromatic carbocycles. The molecule has 17 heavy (non-hydrogen) atoms. The highest BCUT2D eigenvalue weighted by Crippen LogP contribution is 2.30. The Morgan fingerprint density at radius 2 is 2.35 bits per heavy atom. The molecule has 1 atom stereocenters. The summed E-state index contributed by atoms with van der Waals surface area (Å²) < 4.78 is 5.44. The largest absolute Gasteiger partial charge is 0.493 e. The Balaban J connectivity index is 1.99. The predicted molar refractivity (Wildman–Crippen MR) is 68.3 cm³/mol. The molecule has 0 aromatic heterocycles. The van der Waals surface area contributed by atoms with Gasteiger partial charge in [-0.25, -0.2) is 0 Å². The second-order valence-corrected chi connectivity index (χ2v) is 4.62. The molecule has 2 aliphatic rings. The van der Waals surface area contributed by atoms with Crippen molar-refractivity contribution in [2.24, 2.45) is 0 Å². The van der Waals surface area contributed by atoms with E-state index in [0.717, 1.165) is 23.4 Å². The second kappa shape index (κ2) is 3.70. The molecule has 3 rings (SSSR count). The van der Waals surface area contributed by atoms with E-state index in [1.807, 2.05) is 25.1 Å². The first kappa shape index (κ1) is 10.5. The number of rotatable bonds is 1. The van der Waals surface area contributed by atoms with Crippen LogP contribution in [0.15, 0.2) is 18.2 Å². The summed E-state index contributed by atoms with van der Waals surface area (Å²) in [5.41, 5.74) is 1.96. The lowest BCUT2D eigenvalue weighted by molar-refractivity contribution is -0.117. The summed E-state index contributed by atoms with van der Waals surface area (Å²) in [5, 5.41) is 3.43. The molecule has 0 radical (unpaired) electrons. The van der Waals surface area contributed by atoms with Crippen molar-refractivity contribution in [3.63, 3.8) is 0 Å². The van der Waals surface area contributed by atoms with Crippen LogP contribution in [0.1, 0.15) is 12.5 Å². The number of carbonyl (C=O) groups is 1. The summed E-state index contributed by atoms with van der Waals surface area (Å²) in [4.78, 5) is 13.5. The maximum atomic E-state index is 12.0. The molecule has 2 aliphatic heterocycles. The number of benzene rings is 1. The minimum Gasteiger partial charge on any atom is -0.493 e. The third kappa shape index (κ3) is 1.58. The SMILES string of the molecule is C[C@@H]1NC(=S)N(c2ccc3c(c2)CCO3)C1=O. The van der Waals surface area contributed by atoms with Crippen LogP contribution in [-0.2, 0) is 11.2 Å². The van der Waals surface area contributed by atoms with Crippen LogP contribution in [-0.4, -0.2) is 23.7 Å². The summed E-state index contributed by atoms with van der Waals surface area (Å²) in [6, 6.07) is 5.50. The van der Waals surface area contributed by atoms with Gasteiger partial charge in [-0.3, -0.25) is 9.69 Å². The fourth-order valence-corrected chi connectivity index (χ4v) is 2.53. The molecule has 0 saturated carbocycles. The van der Waals surface area contributed by atoms with Gasteiger partial charge in [-0.05, 0) is 42.9 Å². The van der Waals surface area contributed by atoms with E-state index in [2.05, 4.69) is 5.32 Å². The lowest BCUT2D eigenvalue weighted by Gasteiger charge is -2.15. The minimum absolute atomic E-state index is 0.00568. The molecular formula is C12H12N2O2S. The summed E-state index contributed by atoms with van der Waals surface area (Å²) in [5.74, 6) is 0.904. The van der Waals surface area contributed by atoms with E-state index in [-0.39, 0.29) is 11.9 Å². The van der Waals surface area contributed by atoms with Crippen LogP contribution in [0.3, 0.4) is 0 Å². The third-order valence-corrected chi connectivity index (χ3v) is 3.37. The van der Waals surface area contributed by atoms with E-state index in [0.29, 0.717) is 11.7 Å². The zero-order valence-corrected chi connectivity index (χ0v) is 10.2. The number of anilines is 1. The molecule has 0 aliphatic carbocycles. The Morgan fingerprint density at radius 1 is 1.53 bits per heavy atom. The van der Waals surface area contributed by atoms with Gasteiger partial charge in [0.1, 0.15) is 11.8 Å². The van der Waals surface area contributed by atoms with Gasteiger partial charge in [-0.2, -0.15) is 0 Å². The first-order valence-electron chi connectivity index (χ1n) is 5.57. The smallest absolute Gasteiger partial charge is 0.255 e. The summed E-state index contributed by atoms with van der Waals surface area (Å²) in [6.07, 6.45) is 0.890. The van der Waals surface area contributed by atoms with E-state index in [9.17, 15) is 4.79 Å². The average molecular weight is 248 g/mol. The van der Waals surface area contributed by atoms with Gasteiger partial charge in [-0.1, -0.05) is 0 Å². The maximum absolute atomic E-state index is 12.0. The van der Waals surface area contributed by atoms with Crippen molar-refractivity contribution in [3.05, 3.63) is 23.8 Å². The van der Waals surface area contributed by atoms with Gasteiger partial charge in [0.25, 0.3) is 5.91 Å². The standard InChI is InChI=1S/C12H12N2O2S/c1-7-11(15)14(12(17)13-7)9-2-3-10-8(6-9)4-5-16-10/h2-3,6-7H,4-5H2,1H3,(H,13,17)/t7-/m0/s1. The first-order valence-corrected chi connectivity index (χ1v) is 5.98. The van der Waals surface area contributed by atoms with Crippen molar-refractivity contribution < 1.29 is 9.53 Å². The number of hydrogen-bond acceptors (Lipinski definition) is 3. The molecule has 0 bridgehead atoms. The summed E-state index contributed by atoms with van der Waals surface area (Å²) in [6.45, 7) is 2.52. The van der Waals surface area contributed by atoms with Crippen LogP contribution < -0.4 is 15.0 Å². The molecular weight excluding hydrogens is 236 g/mol. The number of ether oxygens (including phenoxy) is 1. The molecule has 1 aromatic rings. The molecule has 1 fully saturated rings. The Hall–Kier alpha value is -1.62. The van der Waals surface area contributed by atoms with Gasteiger partial charge in [0.15, 0.2) is 5.11 Å². The van der Waals surface area contributed by atoms with E-state index in [1.165, 1.54) is 0 Å². The number of nitrogens with one attached hydrogen (secondary N) is 1.